The predicted molar refractivity (Wildman–Crippen MR) is 93.2 cm³/mol. The van der Waals surface area contributed by atoms with Gasteiger partial charge in [0.25, 0.3) is 10.0 Å². The Morgan fingerprint density at radius 1 is 1.00 bits per heavy atom. The number of aryl methyl sites for hydroxylation is 1. The number of sulfonamides is 1. The van der Waals surface area contributed by atoms with Gasteiger partial charge in [0.15, 0.2) is 0 Å². The summed E-state index contributed by atoms with van der Waals surface area (Å²) in [6.45, 7) is 6.23. The van der Waals surface area contributed by atoms with E-state index >= 15 is 0 Å². The molecule has 0 heterocycles. The van der Waals surface area contributed by atoms with Crippen LogP contribution in [0.4, 0.5) is 0 Å². The van der Waals surface area contributed by atoms with Crippen molar-refractivity contribution in [1.82, 2.24) is 4.31 Å². The fourth-order valence-electron chi connectivity index (χ4n) is 2.02. The number of benzene rings is 2. The van der Waals surface area contributed by atoms with Crippen molar-refractivity contribution in [2.75, 3.05) is 6.54 Å². The van der Waals surface area contributed by atoms with Gasteiger partial charge in [0.2, 0.25) is 0 Å². The standard InChI is InChI=1S/C19H21NO2S/c1-16(2)15-20(14-13-18-7-5-4-6-8-18)23(21,22)19-11-9-17(3)10-12-19/h4-12,16H,15H2,1-3H3. The third-order valence-corrected chi connectivity index (χ3v) is 4.93. The molecule has 2 rings (SSSR count). The molecule has 0 N–H and O–H groups in total. The Bertz CT molecular complexity index is 798. The summed E-state index contributed by atoms with van der Waals surface area (Å²) >= 11 is 0. The molecule has 0 unspecified atom stereocenters. The van der Waals surface area contributed by atoms with Gasteiger partial charge in [-0.3, -0.25) is 0 Å². The van der Waals surface area contributed by atoms with Gasteiger partial charge in [-0.1, -0.05) is 49.7 Å². The first-order chi connectivity index (χ1) is 10.9. The average Bonchev–Trinajstić information content (AvgIpc) is 2.52. The highest BCUT2D eigenvalue weighted by Gasteiger charge is 2.22. The van der Waals surface area contributed by atoms with E-state index in [1.807, 2.05) is 51.1 Å². The van der Waals surface area contributed by atoms with E-state index in [0.29, 0.717) is 6.54 Å². The van der Waals surface area contributed by atoms with Gasteiger partial charge >= 0.3 is 0 Å². The lowest BCUT2D eigenvalue weighted by atomic mass is 10.2. The Morgan fingerprint density at radius 2 is 1.61 bits per heavy atom. The van der Waals surface area contributed by atoms with Crippen LogP contribution in [0.25, 0.3) is 0 Å². The normalized spacial score (nSPS) is 11.0. The second-order valence-corrected chi connectivity index (χ2v) is 7.71. The summed E-state index contributed by atoms with van der Waals surface area (Å²) in [5, 5.41) is 0. The minimum atomic E-state index is -3.62. The molecule has 23 heavy (non-hydrogen) atoms. The van der Waals surface area contributed by atoms with Gasteiger partial charge in [0.1, 0.15) is 0 Å². The minimum absolute atomic E-state index is 0.181. The molecule has 0 aliphatic rings. The van der Waals surface area contributed by atoms with E-state index in [9.17, 15) is 8.42 Å². The zero-order valence-electron chi connectivity index (χ0n) is 13.7. The zero-order chi connectivity index (χ0) is 16.9. The molecule has 4 heteroatoms. The van der Waals surface area contributed by atoms with Crippen LogP contribution in [0, 0.1) is 24.8 Å². The first kappa shape index (κ1) is 17.1. The van der Waals surface area contributed by atoms with Crippen LogP contribution in [-0.4, -0.2) is 19.3 Å². The third kappa shape index (κ3) is 4.61. The van der Waals surface area contributed by atoms with Crippen molar-refractivity contribution in [1.29, 1.82) is 0 Å². The van der Waals surface area contributed by atoms with E-state index in [1.54, 1.807) is 24.3 Å². The highest BCUT2D eigenvalue weighted by molar-refractivity contribution is 7.89. The van der Waals surface area contributed by atoms with E-state index in [0.717, 1.165) is 11.1 Å². The second-order valence-electron chi connectivity index (χ2n) is 5.85. The molecule has 0 bridgehead atoms. The van der Waals surface area contributed by atoms with Gasteiger partial charge in [-0.25, -0.2) is 12.7 Å². The van der Waals surface area contributed by atoms with Crippen LogP contribution in [0.15, 0.2) is 59.5 Å². The van der Waals surface area contributed by atoms with Gasteiger partial charge in [-0.15, -0.1) is 0 Å². The van der Waals surface area contributed by atoms with Crippen LogP contribution in [-0.2, 0) is 10.0 Å². The van der Waals surface area contributed by atoms with Gasteiger partial charge in [-0.05, 0) is 43.0 Å². The molecule has 0 radical (unpaired) electrons. The molecule has 0 atom stereocenters. The van der Waals surface area contributed by atoms with Gasteiger partial charge in [-0.2, -0.15) is 0 Å². The molecule has 0 aromatic heterocycles. The lowest BCUT2D eigenvalue weighted by molar-refractivity contribution is 0.457. The molecule has 0 spiro atoms. The van der Waals surface area contributed by atoms with Crippen LogP contribution in [0.5, 0.6) is 0 Å². The van der Waals surface area contributed by atoms with E-state index in [-0.39, 0.29) is 10.8 Å². The second kappa shape index (κ2) is 7.34. The zero-order valence-corrected chi connectivity index (χ0v) is 14.5. The summed E-state index contributed by atoms with van der Waals surface area (Å²) in [7, 11) is -3.62. The summed E-state index contributed by atoms with van der Waals surface area (Å²) in [5.74, 6) is 3.11. The van der Waals surface area contributed by atoms with Crippen molar-refractivity contribution in [3.05, 3.63) is 65.7 Å². The molecule has 0 saturated heterocycles. The summed E-state index contributed by atoms with van der Waals surface area (Å²) in [6, 6.07) is 19.0. The predicted octanol–water partition coefficient (Wildman–Crippen LogP) is 3.65. The number of hydrogen-bond donors (Lipinski definition) is 0. The highest BCUT2D eigenvalue weighted by atomic mass is 32.2. The van der Waals surface area contributed by atoms with E-state index in [2.05, 4.69) is 12.0 Å². The lowest BCUT2D eigenvalue weighted by Crippen LogP contribution is -2.30. The van der Waals surface area contributed by atoms with E-state index in [4.69, 9.17) is 0 Å². The molecule has 0 saturated carbocycles. The lowest BCUT2D eigenvalue weighted by Gasteiger charge is -2.20. The van der Waals surface area contributed by atoms with E-state index < -0.39 is 10.0 Å². The fraction of sp³-hybridized carbons (Fsp3) is 0.263. The molecule has 0 fully saturated rings. The molecule has 0 aliphatic heterocycles. The molecular weight excluding hydrogens is 306 g/mol. The quantitative estimate of drug-likeness (QED) is 0.635. The topological polar surface area (TPSA) is 37.4 Å². The maximum Gasteiger partial charge on any atom is 0.270 e. The van der Waals surface area contributed by atoms with Gasteiger partial charge in [0, 0.05) is 18.2 Å². The Balaban J connectivity index is 2.38. The summed E-state index contributed by atoms with van der Waals surface area (Å²) in [5.41, 5.74) is 1.81. The minimum Gasteiger partial charge on any atom is -0.224 e. The third-order valence-electron chi connectivity index (χ3n) is 3.24. The van der Waals surface area contributed by atoms with Gasteiger partial charge in [0.05, 0.1) is 4.90 Å². The molecule has 2 aromatic carbocycles. The number of nitrogens with zero attached hydrogens (tertiary/aromatic N) is 1. The monoisotopic (exact) mass is 327 g/mol. The van der Waals surface area contributed by atoms with Crippen molar-refractivity contribution < 1.29 is 8.42 Å². The molecule has 120 valence electrons. The number of rotatable bonds is 4. The Labute approximate surface area is 139 Å². The van der Waals surface area contributed by atoms with Crippen LogP contribution in [0.3, 0.4) is 0 Å². The Kier molecular flexibility index (Phi) is 5.46. The summed E-state index contributed by atoms with van der Waals surface area (Å²) in [6.07, 6.45) is 0. The average molecular weight is 327 g/mol. The molecule has 2 aromatic rings. The van der Waals surface area contributed by atoms with Crippen LogP contribution in [0.1, 0.15) is 25.0 Å². The van der Waals surface area contributed by atoms with Crippen molar-refractivity contribution in [3.63, 3.8) is 0 Å². The smallest absolute Gasteiger partial charge is 0.224 e. The molecular formula is C19H21NO2S. The maximum absolute atomic E-state index is 12.8. The SMILES string of the molecule is Cc1ccc(S(=O)(=O)N(C#Cc2ccccc2)CC(C)C)cc1. The largest absolute Gasteiger partial charge is 0.270 e. The fourth-order valence-corrected chi connectivity index (χ4v) is 3.42. The Hall–Kier alpha value is -2.25. The van der Waals surface area contributed by atoms with Crippen molar-refractivity contribution in [2.45, 2.75) is 25.7 Å². The highest BCUT2D eigenvalue weighted by Crippen LogP contribution is 2.17. The molecule has 0 aliphatic carbocycles. The van der Waals surface area contributed by atoms with Gasteiger partial charge < -0.3 is 0 Å². The van der Waals surface area contributed by atoms with Crippen molar-refractivity contribution in [3.8, 4) is 12.0 Å². The summed E-state index contributed by atoms with van der Waals surface area (Å²) in [4.78, 5) is 0.270. The van der Waals surface area contributed by atoms with Crippen LogP contribution < -0.4 is 0 Å². The van der Waals surface area contributed by atoms with Crippen molar-refractivity contribution in [2.24, 2.45) is 5.92 Å². The maximum atomic E-state index is 12.8. The molecule has 3 nitrogen and oxygen atoms in total. The van der Waals surface area contributed by atoms with Crippen LogP contribution >= 0.6 is 0 Å². The van der Waals surface area contributed by atoms with Crippen LogP contribution in [0.2, 0.25) is 0 Å². The Morgan fingerprint density at radius 3 is 2.17 bits per heavy atom. The summed E-state index contributed by atoms with van der Waals surface area (Å²) < 4.78 is 26.9. The van der Waals surface area contributed by atoms with E-state index in [1.165, 1.54) is 4.31 Å². The first-order valence-electron chi connectivity index (χ1n) is 7.55. The van der Waals surface area contributed by atoms with Crippen molar-refractivity contribution >= 4 is 10.0 Å². The first-order valence-corrected chi connectivity index (χ1v) is 8.99. The molecule has 0 amide bonds. The number of hydrogen-bond acceptors (Lipinski definition) is 2.